The number of hydrogen-bond donors (Lipinski definition) is 1. The highest BCUT2D eigenvalue weighted by Crippen LogP contribution is 2.18. The molecule has 1 amide bonds. The molecule has 0 aliphatic carbocycles. The van der Waals surface area contributed by atoms with Crippen LogP contribution in [0.2, 0.25) is 5.15 Å². The van der Waals surface area contributed by atoms with Crippen molar-refractivity contribution in [3.8, 4) is 0 Å². The van der Waals surface area contributed by atoms with Gasteiger partial charge in [-0.2, -0.15) is 0 Å². The zero-order valence-electron chi connectivity index (χ0n) is 9.14. The predicted molar refractivity (Wildman–Crippen MR) is 66.2 cm³/mol. The highest BCUT2D eigenvalue weighted by Gasteiger charge is 2.11. The van der Waals surface area contributed by atoms with Crippen molar-refractivity contribution in [2.75, 3.05) is 5.32 Å². The van der Waals surface area contributed by atoms with E-state index < -0.39 is 0 Å². The van der Waals surface area contributed by atoms with Crippen molar-refractivity contribution < 1.29 is 4.79 Å². The summed E-state index contributed by atoms with van der Waals surface area (Å²) >= 11 is 5.85. The Balaban J connectivity index is 2.24. The Morgan fingerprint density at radius 2 is 1.94 bits per heavy atom. The van der Waals surface area contributed by atoms with E-state index in [-0.39, 0.29) is 11.1 Å². The largest absolute Gasteiger partial charge is 0.319 e. The minimum Gasteiger partial charge on any atom is -0.319 e. The number of nitrogens with one attached hydrogen (secondary N) is 1. The van der Waals surface area contributed by atoms with E-state index >= 15 is 0 Å². The second-order valence-electron chi connectivity index (χ2n) is 3.43. The number of pyridine rings is 2. The monoisotopic (exact) mass is 247 g/mol. The zero-order valence-corrected chi connectivity index (χ0v) is 9.90. The Labute approximate surface area is 104 Å². The van der Waals surface area contributed by atoms with Gasteiger partial charge in [-0.3, -0.25) is 9.78 Å². The zero-order chi connectivity index (χ0) is 12.3. The van der Waals surface area contributed by atoms with Crippen LogP contribution in [0.25, 0.3) is 0 Å². The van der Waals surface area contributed by atoms with Crippen LogP contribution < -0.4 is 5.32 Å². The summed E-state index contributed by atoms with van der Waals surface area (Å²) in [6, 6.07) is 6.82. The lowest BCUT2D eigenvalue weighted by molar-refractivity contribution is 0.102. The van der Waals surface area contributed by atoms with Gasteiger partial charge in [0.15, 0.2) is 5.15 Å². The molecule has 2 aromatic rings. The summed E-state index contributed by atoms with van der Waals surface area (Å²) in [6.07, 6.45) is 3.20. The van der Waals surface area contributed by atoms with E-state index in [2.05, 4.69) is 15.3 Å². The van der Waals surface area contributed by atoms with E-state index in [0.29, 0.717) is 16.9 Å². The van der Waals surface area contributed by atoms with Gasteiger partial charge >= 0.3 is 0 Å². The van der Waals surface area contributed by atoms with Crippen molar-refractivity contribution in [2.24, 2.45) is 0 Å². The molecule has 0 spiro atoms. The van der Waals surface area contributed by atoms with Crippen molar-refractivity contribution >= 4 is 23.2 Å². The van der Waals surface area contributed by atoms with Gasteiger partial charge in [-0.05, 0) is 31.2 Å². The third-order valence-electron chi connectivity index (χ3n) is 2.26. The molecule has 2 aromatic heterocycles. The Bertz CT molecular complexity index is 557. The SMILES string of the molecule is Cc1ncccc1C(=O)Nc1cccnc1Cl. The Morgan fingerprint density at radius 1 is 1.24 bits per heavy atom. The first-order valence-corrected chi connectivity index (χ1v) is 5.40. The average molecular weight is 248 g/mol. The molecule has 0 aliphatic heterocycles. The van der Waals surface area contributed by atoms with Gasteiger partial charge in [-0.1, -0.05) is 11.6 Å². The number of carbonyl (C=O) groups excluding carboxylic acids is 1. The van der Waals surface area contributed by atoms with Crippen LogP contribution in [0, 0.1) is 6.92 Å². The van der Waals surface area contributed by atoms with Gasteiger partial charge in [0.05, 0.1) is 11.3 Å². The van der Waals surface area contributed by atoms with Crippen LogP contribution in [0.1, 0.15) is 16.1 Å². The van der Waals surface area contributed by atoms with Crippen molar-refractivity contribution in [1.82, 2.24) is 9.97 Å². The van der Waals surface area contributed by atoms with Crippen LogP contribution in [0.3, 0.4) is 0 Å². The molecule has 0 aromatic carbocycles. The van der Waals surface area contributed by atoms with Crippen molar-refractivity contribution in [3.05, 3.63) is 53.1 Å². The normalized spacial score (nSPS) is 10.0. The first-order valence-electron chi connectivity index (χ1n) is 5.02. The first-order chi connectivity index (χ1) is 8.18. The van der Waals surface area contributed by atoms with E-state index in [4.69, 9.17) is 11.6 Å². The van der Waals surface area contributed by atoms with Gasteiger partial charge in [0.25, 0.3) is 5.91 Å². The summed E-state index contributed by atoms with van der Waals surface area (Å²) in [5, 5.41) is 2.96. The van der Waals surface area contributed by atoms with Crippen LogP contribution >= 0.6 is 11.6 Å². The fourth-order valence-corrected chi connectivity index (χ4v) is 1.56. The van der Waals surface area contributed by atoms with Gasteiger partial charge in [-0.15, -0.1) is 0 Å². The summed E-state index contributed by atoms with van der Waals surface area (Å²) in [7, 11) is 0. The number of carbonyl (C=O) groups is 1. The third-order valence-corrected chi connectivity index (χ3v) is 2.56. The Hall–Kier alpha value is -1.94. The number of halogens is 1. The topological polar surface area (TPSA) is 54.9 Å². The predicted octanol–water partition coefficient (Wildman–Crippen LogP) is 2.69. The number of aromatic nitrogens is 2. The summed E-state index contributed by atoms with van der Waals surface area (Å²) in [6.45, 7) is 1.78. The minimum atomic E-state index is -0.245. The number of amides is 1. The van der Waals surface area contributed by atoms with Gasteiger partial charge in [0.1, 0.15) is 0 Å². The lowest BCUT2D eigenvalue weighted by Crippen LogP contribution is -2.14. The lowest BCUT2D eigenvalue weighted by Gasteiger charge is -2.07. The van der Waals surface area contributed by atoms with E-state index in [1.165, 1.54) is 0 Å². The molecule has 2 heterocycles. The van der Waals surface area contributed by atoms with Gasteiger partial charge in [0.2, 0.25) is 0 Å². The maximum absolute atomic E-state index is 11.9. The highest BCUT2D eigenvalue weighted by atomic mass is 35.5. The molecule has 0 saturated heterocycles. The fraction of sp³-hybridized carbons (Fsp3) is 0.0833. The minimum absolute atomic E-state index is 0.245. The van der Waals surface area contributed by atoms with Crippen LogP contribution in [-0.2, 0) is 0 Å². The van der Waals surface area contributed by atoms with E-state index in [1.807, 2.05) is 0 Å². The maximum atomic E-state index is 11.9. The summed E-state index contributed by atoms with van der Waals surface area (Å²) in [5.41, 5.74) is 1.68. The van der Waals surface area contributed by atoms with Crippen LogP contribution in [0.4, 0.5) is 5.69 Å². The number of rotatable bonds is 2. The van der Waals surface area contributed by atoms with E-state index in [0.717, 1.165) is 0 Å². The molecular weight excluding hydrogens is 238 g/mol. The molecule has 0 fully saturated rings. The smallest absolute Gasteiger partial charge is 0.257 e. The van der Waals surface area contributed by atoms with Gasteiger partial charge < -0.3 is 5.32 Å². The lowest BCUT2D eigenvalue weighted by atomic mass is 10.2. The Kier molecular flexibility index (Phi) is 3.35. The standard InChI is InChI=1S/C12H10ClN3O/c1-8-9(4-2-6-14-8)12(17)16-10-5-3-7-15-11(10)13/h2-7H,1H3,(H,16,17). The first kappa shape index (κ1) is 11.5. The number of hydrogen-bond acceptors (Lipinski definition) is 3. The molecule has 86 valence electrons. The summed E-state index contributed by atoms with van der Waals surface area (Å²) in [4.78, 5) is 19.9. The maximum Gasteiger partial charge on any atom is 0.257 e. The molecule has 1 N–H and O–H groups in total. The molecule has 0 saturated carbocycles. The van der Waals surface area contributed by atoms with E-state index in [9.17, 15) is 4.79 Å². The quantitative estimate of drug-likeness (QED) is 0.830. The third kappa shape index (κ3) is 2.60. The molecule has 0 bridgehead atoms. The number of aryl methyl sites for hydroxylation is 1. The molecule has 5 heteroatoms. The van der Waals surface area contributed by atoms with Crippen molar-refractivity contribution in [1.29, 1.82) is 0 Å². The van der Waals surface area contributed by atoms with Crippen molar-refractivity contribution in [2.45, 2.75) is 6.92 Å². The van der Waals surface area contributed by atoms with Gasteiger partial charge in [-0.25, -0.2) is 4.98 Å². The van der Waals surface area contributed by atoms with Crippen molar-refractivity contribution in [3.63, 3.8) is 0 Å². The number of nitrogens with zero attached hydrogens (tertiary/aromatic N) is 2. The van der Waals surface area contributed by atoms with E-state index in [1.54, 1.807) is 43.6 Å². The van der Waals surface area contributed by atoms with Gasteiger partial charge in [0, 0.05) is 18.1 Å². The second-order valence-corrected chi connectivity index (χ2v) is 3.79. The Morgan fingerprint density at radius 3 is 2.65 bits per heavy atom. The van der Waals surface area contributed by atoms with Crippen LogP contribution in [0.5, 0.6) is 0 Å². The molecule has 0 aliphatic rings. The molecule has 0 atom stereocenters. The fourth-order valence-electron chi connectivity index (χ4n) is 1.39. The molecule has 17 heavy (non-hydrogen) atoms. The molecule has 0 unspecified atom stereocenters. The van der Waals surface area contributed by atoms with Crippen LogP contribution in [0.15, 0.2) is 36.7 Å². The molecule has 0 radical (unpaired) electrons. The molecule has 4 nitrogen and oxygen atoms in total. The summed E-state index contributed by atoms with van der Waals surface area (Å²) in [5.74, 6) is -0.245. The highest BCUT2D eigenvalue weighted by molar-refractivity contribution is 6.32. The summed E-state index contributed by atoms with van der Waals surface area (Å²) < 4.78 is 0. The number of anilines is 1. The molecule has 2 rings (SSSR count). The second kappa shape index (κ2) is 4.93. The van der Waals surface area contributed by atoms with Crippen LogP contribution in [-0.4, -0.2) is 15.9 Å². The average Bonchev–Trinajstić information content (AvgIpc) is 2.32. The molecular formula is C12H10ClN3O.